The van der Waals surface area contributed by atoms with Crippen LogP contribution in [0.25, 0.3) is 10.9 Å². The molecule has 4 heteroatoms. The number of para-hydroxylation sites is 1. The molecule has 0 saturated carbocycles. The fourth-order valence-corrected chi connectivity index (χ4v) is 1.73. The average molecular weight is 203 g/mol. The molecule has 1 atom stereocenters. The Kier molecular flexibility index (Phi) is 2.43. The molecular formula is C11H13N3O. The zero-order chi connectivity index (χ0) is 10.8. The van der Waals surface area contributed by atoms with Crippen molar-refractivity contribution in [3.63, 3.8) is 0 Å². The van der Waals surface area contributed by atoms with E-state index < -0.39 is 0 Å². The predicted molar refractivity (Wildman–Crippen MR) is 59.0 cm³/mol. The van der Waals surface area contributed by atoms with Gasteiger partial charge in [0.1, 0.15) is 0 Å². The van der Waals surface area contributed by atoms with Crippen LogP contribution < -0.4 is 11.5 Å². The number of fused-ring (bicyclic) bond motifs is 1. The van der Waals surface area contributed by atoms with Gasteiger partial charge in [-0.2, -0.15) is 0 Å². The van der Waals surface area contributed by atoms with Crippen LogP contribution in [0.5, 0.6) is 0 Å². The number of carbonyl (C=O) groups is 1. The lowest BCUT2D eigenvalue weighted by atomic mass is 10.0. The van der Waals surface area contributed by atoms with Crippen LogP contribution in [0.4, 0.5) is 0 Å². The molecule has 0 aliphatic carbocycles. The Labute approximate surface area is 87.3 Å². The van der Waals surface area contributed by atoms with Crippen molar-refractivity contribution in [1.82, 2.24) is 4.98 Å². The summed E-state index contributed by atoms with van der Waals surface area (Å²) >= 11 is 0. The largest absolute Gasteiger partial charge is 0.370 e. The van der Waals surface area contributed by atoms with E-state index in [1.807, 2.05) is 30.5 Å². The van der Waals surface area contributed by atoms with Crippen LogP contribution in [0.3, 0.4) is 0 Å². The van der Waals surface area contributed by atoms with Crippen molar-refractivity contribution in [1.29, 1.82) is 0 Å². The van der Waals surface area contributed by atoms with Gasteiger partial charge in [-0.3, -0.25) is 4.79 Å². The molecule has 5 N–H and O–H groups in total. The van der Waals surface area contributed by atoms with Gasteiger partial charge >= 0.3 is 0 Å². The molecule has 1 unspecified atom stereocenters. The van der Waals surface area contributed by atoms with Gasteiger partial charge in [-0.1, -0.05) is 18.2 Å². The molecule has 0 radical (unpaired) electrons. The van der Waals surface area contributed by atoms with Gasteiger partial charge in [-0.25, -0.2) is 0 Å². The lowest BCUT2D eigenvalue weighted by molar-refractivity contribution is -0.118. The molecule has 78 valence electrons. The highest BCUT2D eigenvalue weighted by Crippen LogP contribution is 2.23. The second-order valence-corrected chi connectivity index (χ2v) is 3.57. The van der Waals surface area contributed by atoms with Gasteiger partial charge in [-0.15, -0.1) is 0 Å². The van der Waals surface area contributed by atoms with Crippen LogP contribution in [0.1, 0.15) is 18.0 Å². The minimum absolute atomic E-state index is 0.168. The SMILES string of the molecule is NC(=O)CC(N)c1c[nH]c2ccccc12. The van der Waals surface area contributed by atoms with Gasteiger partial charge in [0.05, 0.1) is 0 Å². The van der Waals surface area contributed by atoms with Gasteiger partial charge in [0.15, 0.2) is 0 Å². The maximum absolute atomic E-state index is 10.8. The number of hydrogen-bond acceptors (Lipinski definition) is 2. The summed E-state index contributed by atoms with van der Waals surface area (Å²) in [7, 11) is 0. The summed E-state index contributed by atoms with van der Waals surface area (Å²) in [5.41, 5.74) is 13.0. The Hall–Kier alpha value is -1.81. The van der Waals surface area contributed by atoms with E-state index in [0.717, 1.165) is 16.5 Å². The number of aromatic amines is 1. The number of primary amides is 1. The number of benzene rings is 1. The maximum Gasteiger partial charge on any atom is 0.219 e. The van der Waals surface area contributed by atoms with Crippen molar-refractivity contribution in [2.45, 2.75) is 12.5 Å². The monoisotopic (exact) mass is 203 g/mol. The Morgan fingerprint density at radius 2 is 2.13 bits per heavy atom. The van der Waals surface area contributed by atoms with E-state index in [-0.39, 0.29) is 18.4 Å². The van der Waals surface area contributed by atoms with Gasteiger partial charge in [0.25, 0.3) is 0 Å². The van der Waals surface area contributed by atoms with Crippen LogP contribution in [-0.2, 0) is 4.79 Å². The van der Waals surface area contributed by atoms with E-state index in [0.29, 0.717) is 0 Å². The van der Waals surface area contributed by atoms with Crippen molar-refractivity contribution >= 4 is 16.8 Å². The number of carbonyl (C=O) groups excluding carboxylic acids is 1. The third-order valence-electron chi connectivity index (χ3n) is 2.44. The first-order valence-electron chi connectivity index (χ1n) is 4.78. The molecule has 0 aliphatic heterocycles. The standard InChI is InChI=1S/C11H13N3O/c12-9(5-11(13)15)8-6-14-10-4-2-1-3-7(8)10/h1-4,6,9,14H,5,12H2,(H2,13,15). The Morgan fingerprint density at radius 1 is 1.40 bits per heavy atom. The summed E-state index contributed by atoms with van der Waals surface area (Å²) in [6.07, 6.45) is 2.00. The molecule has 1 amide bonds. The molecule has 2 rings (SSSR count). The van der Waals surface area contributed by atoms with E-state index >= 15 is 0 Å². The number of H-pyrrole nitrogens is 1. The van der Waals surface area contributed by atoms with Crippen LogP contribution in [-0.4, -0.2) is 10.9 Å². The van der Waals surface area contributed by atoms with Crippen LogP contribution in [0, 0.1) is 0 Å². The molecule has 4 nitrogen and oxygen atoms in total. The predicted octanol–water partition coefficient (Wildman–Crippen LogP) is 1.04. The van der Waals surface area contributed by atoms with Crippen LogP contribution in [0.15, 0.2) is 30.5 Å². The van der Waals surface area contributed by atoms with Crippen molar-refractivity contribution < 1.29 is 4.79 Å². The molecule has 2 aromatic rings. The van der Waals surface area contributed by atoms with E-state index in [1.54, 1.807) is 0 Å². The zero-order valence-corrected chi connectivity index (χ0v) is 8.23. The molecule has 0 aliphatic rings. The summed E-state index contributed by atoms with van der Waals surface area (Å²) in [6, 6.07) is 7.50. The van der Waals surface area contributed by atoms with Gasteiger partial charge in [0, 0.05) is 29.6 Å². The Balaban J connectivity index is 2.39. The lowest BCUT2D eigenvalue weighted by Crippen LogP contribution is -2.20. The number of nitrogens with one attached hydrogen (secondary N) is 1. The van der Waals surface area contributed by atoms with E-state index in [2.05, 4.69) is 4.98 Å². The van der Waals surface area contributed by atoms with E-state index in [4.69, 9.17) is 11.5 Å². The fourth-order valence-electron chi connectivity index (χ4n) is 1.73. The molecular weight excluding hydrogens is 190 g/mol. The molecule has 1 aromatic carbocycles. The van der Waals surface area contributed by atoms with Crippen LogP contribution >= 0.6 is 0 Å². The minimum atomic E-state index is -0.382. The summed E-state index contributed by atoms with van der Waals surface area (Å²) in [5, 5.41) is 1.05. The molecule has 1 heterocycles. The lowest BCUT2D eigenvalue weighted by Gasteiger charge is -2.07. The first-order valence-corrected chi connectivity index (χ1v) is 4.78. The third-order valence-corrected chi connectivity index (χ3v) is 2.44. The number of amides is 1. The summed E-state index contributed by atoms with van der Waals surface area (Å²) in [4.78, 5) is 13.9. The van der Waals surface area contributed by atoms with Gasteiger partial charge < -0.3 is 16.5 Å². The summed E-state index contributed by atoms with van der Waals surface area (Å²) in [6.45, 7) is 0. The topological polar surface area (TPSA) is 84.9 Å². The second kappa shape index (κ2) is 3.74. The fraction of sp³-hybridized carbons (Fsp3) is 0.182. The van der Waals surface area contributed by atoms with Gasteiger partial charge in [-0.05, 0) is 11.6 Å². The number of hydrogen-bond donors (Lipinski definition) is 3. The average Bonchev–Trinajstić information content (AvgIpc) is 2.59. The van der Waals surface area contributed by atoms with Crippen molar-refractivity contribution in [3.05, 3.63) is 36.0 Å². The van der Waals surface area contributed by atoms with E-state index in [1.165, 1.54) is 0 Å². The number of nitrogens with two attached hydrogens (primary N) is 2. The summed E-state index contributed by atoms with van der Waals surface area (Å²) < 4.78 is 0. The molecule has 1 aromatic heterocycles. The van der Waals surface area contributed by atoms with Gasteiger partial charge in [0.2, 0.25) is 5.91 Å². The third kappa shape index (κ3) is 1.85. The molecule has 0 saturated heterocycles. The van der Waals surface area contributed by atoms with Crippen molar-refractivity contribution in [2.24, 2.45) is 11.5 Å². The minimum Gasteiger partial charge on any atom is -0.370 e. The zero-order valence-electron chi connectivity index (χ0n) is 8.23. The molecule has 0 bridgehead atoms. The Bertz CT molecular complexity index is 489. The molecule has 15 heavy (non-hydrogen) atoms. The maximum atomic E-state index is 10.8. The highest BCUT2D eigenvalue weighted by Gasteiger charge is 2.13. The van der Waals surface area contributed by atoms with Crippen molar-refractivity contribution in [2.75, 3.05) is 0 Å². The molecule has 0 fully saturated rings. The summed E-state index contributed by atoms with van der Waals surface area (Å²) in [5.74, 6) is -0.382. The highest BCUT2D eigenvalue weighted by atomic mass is 16.1. The smallest absolute Gasteiger partial charge is 0.219 e. The van der Waals surface area contributed by atoms with E-state index in [9.17, 15) is 4.79 Å². The van der Waals surface area contributed by atoms with Crippen LogP contribution in [0.2, 0.25) is 0 Å². The first kappa shape index (κ1) is 9.73. The quantitative estimate of drug-likeness (QED) is 0.696. The highest BCUT2D eigenvalue weighted by molar-refractivity contribution is 5.84. The Morgan fingerprint density at radius 3 is 2.87 bits per heavy atom. The normalized spacial score (nSPS) is 12.9. The van der Waals surface area contributed by atoms with Crippen molar-refractivity contribution in [3.8, 4) is 0 Å². The first-order chi connectivity index (χ1) is 7.18. The number of aromatic nitrogens is 1. The second-order valence-electron chi connectivity index (χ2n) is 3.57. The molecule has 0 spiro atoms. The number of rotatable bonds is 3.